The molecule has 5 aromatic rings. The Morgan fingerprint density at radius 1 is 1.05 bits per heavy atom. The fourth-order valence-corrected chi connectivity index (χ4v) is 6.39. The number of nitrogens with one attached hydrogen (secondary N) is 1. The second-order valence-electron chi connectivity index (χ2n) is 10.2. The van der Waals surface area contributed by atoms with Crippen molar-refractivity contribution in [2.75, 3.05) is 52.4 Å². The molecule has 0 aliphatic carbocycles. The lowest BCUT2D eigenvalue weighted by molar-refractivity contribution is -0.116. The van der Waals surface area contributed by atoms with Crippen molar-refractivity contribution < 1.29 is 19.0 Å². The fraction of sp³-hybridized carbons (Fsp3) is 0.333. The van der Waals surface area contributed by atoms with Crippen molar-refractivity contribution >= 4 is 44.1 Å². The number of carbonyl (C=O) groups excluding carboxylic acids is 1. The molecule has 2 aromatic carbocycles. The molecule has 0 bridgehead atoms. The highest BCUT2D eigenvalue weighted by Crippen LogP contribution is 2.30. The largest absolute Gasteiger partial charge is 0.497 e. The van der Waals surface area contributed by atoms with Crippen molar-refractivity contribution in [2.24, 2.45) is 0 Å². The molecule has 43 heavy (non-hydrogen) atoms. The first kappa shape index (κ1) is 28.6. The molecule has 1 aliphatic rings. The van der Waals surface area contributed by atoms with Crippen LogP contribution in [0, 0.1) is 6.92 Å². The van der Waals surface area contributed by atoms with Crippen molar-refractivity contribution in [3.05, 3.63) is 74.9 Å². The average molecular weight is 605 g/mol. The fourth-order valence-electron chi connectivity index (χ4n) is 5.41. The molecule has 0 saturated carbocycles. The summed E-state index contributed by atoms with van der Waals surface area (Å²) in [5.41, 5.74) is 1.51. The number of para-hydroxylation sites is 1. The number of amides is 1. The second-order valence-corrected chi connectivity index (χ2v) is 11.2. The minimum atomic E-state index is -0.413. The van der Waals surface area contributed by atoms with Crippen LogP contribution in [-0.4, -0.2) is 76.8 Å². The summed E-state index contributed by atoms with van der Waals surface area (Å²) >= 11 is 1.34. The van der Waals surface area contributed by atoms with Crippen LogP contribution in [0.1, 0.15) is 5.69 Å². The van der Waals surface area contributed by atoms with Gasteiger partial charge in [-0.25, -0.2) is 4.98 Å². The number of anilines is 1. The highest BCUT2D eigenvalue weighted by Gasteiger charge is 2.24. The summed E-state index contributed by atoms with van der Waals surface area (Å²) in [4.78, 5) is 48.0. The molecule has 12 nitrogen and oxygen atoms in total. The van der Waals surface area contributed by atoms with E-state index in [-0.39, 0.29) is 17.7 Å². The van der Waals surface area contributed by atoms with Gasteiger partial charge in [0.15, 0.2) is 0 Å². The summed E-state index contributed by atoms with van der Waals surface area (Å²) in [5, 5.41) is 3.64. The number of methoxy groups -OCH3 is 2. The van der Waals surface area contributed by atoms with Crippen LogP contribution < -0.4 is 25.9 Å². The van der Waals surface area contributed by atoms with E-state index in [0.29, 0.717) is 65.2 Å². The van der Waals surface area contributed by atoms with E-state index in [9.17, 15) is 14.4 Å². The third-order valence-electron chi connectivity index (χ3n) is 7.66. The first-order valence-corrected chi connectivity index (χ1v) is 14.7. The number of benzene rings is 2. The smallest absolute Gasteiger partial charge is 0.283 e. The van der Waals surface area contributed by atoms with E-state index in [1.165, 1.54) is 33.9 Å². The average Bonchev–Trinajstić information content (AvgIpc) is 3.55. The number of rotatable bonds is 9. The Morgan fingerprint density at radius 3 is 2.58 bits per heavy atom. The zero-order chi connectivity index (χ0) is 30.1. The molecule has 0 atom stereocenters. The first-order chi connectivity index (χ1) is 20.9. The van der Waals surface area contributed by atoms with E-state index in [1.54, 1.807) is 36.8 Å². The number of nitrogens with zero attached hydrogens (tertiary/aromatic N) is 5. The van der Waals surface area contributed by atoms with Gasteiger partial charge in [-0.2, -0.15) is 4.68 Å². The van der Waals surface area contributed by atoms with E-state index in [4.69, 9.17) is 19.2 Å². The van der Waals surface area contributed by atoms with Crippen LogP contribution >= 0.6 is 11.3 Å². The van der Waals surface area contributed by atoms with Crippen LogP contribution in [0.5, 0.6) is 11.5 Å². The van der Waals surface area contributed by atoms with Gasteiger partial charge in [0.1, 0.15) is 18.0 Å². The van der Waals surface area contributed by atoms with E-state index >= 15 is 0 Å². The third-order valence-corrected chi connectivity index (χ3v) is 8.67. The van der Waals surface area contributed by atoms with Crippen LogP contribution in [0.4, 0.5) is 5.69 Å². The standard InChI is InChI=1S/C30H32N6O6S/c1-19-28-23(17-27(38)34(19)11-10-33-12-14-42-15-13-33)35(18-26(37)31-21-9-8-20(40-2)16-24(21)41-3)36(29(28)39)30-32-22-6-4-5-7-25(22)43-30/h4-9,16-17H,10-15,18H2,1-3H3,(H,31,37). The molecule has 1 N–H and O–H groups in total. The van der Waals surface area contributed by atoms with Gasteiger partial charge in [-0.1, -0.05) is 23.5 Å². The monoisotopic (exact) mass is 604 g/mol. The molecule has 1 saturated heterocycles. The number of morpholine rings is 1. The van der Waals surface area contributed by atoms with E-state index in [2.05, 4.69) is 10.2 Å². The number of hydrogen-bond donors (Lipinski definition) is 1. The van der Waals surface area contributed by atoms with Gasteiger partial charge in [-0.05, 0) is 31.2 Å². The molecule has 1 amide bonds. The Balaban J connectivity index is 1.43. The Labute approximate surface area is 250 Å². The molecule has 0 radical (unpaired) electrons. The molecule has 0 unspecified atom stereocenters. The van der Waals surface area contributed by atoms with Gasteiger partial charge in [0.25, 0.3) is 11.1 Å². The Kier molecular flexibility index (Phi) is 8.02. The predicted molar refractivity (Wildman–Crippen MR) is 165 cm³/mol. The van der Waals surface area contributed by atoms with Crippen molar-refractivity contribution in [1.82, 2.24) is 23.8 Å². The van der Waals surface area contributed by atoms with Gasteiger partial charge in [-0.15, -0.1) is 0 Å². The molecule has 13 heteroatoms. The Hall–Kier alpha value is -4.46. The van der Waals surface area contributed by atoms with Crippen molar-refractivity contribution in [1.29, 1.82) is 0 Å². The maximum atomic E-state index is 14.1. The van der Waals surface area contributed by atoms with E-state index < -0.39 is 5.91 Å². The second kappa shape index (κ2) is 12.0. The SMILES string of the molecule is COc1ccc(NC(=O)Cn2c3cc(=O)n(CCN4CCOCC4)c(C)c3c(=O)n2-c2nc3ccccc3s2)c(OC)c1. The number of carbonyl (C=O) groups is 1. The van der Waals surface area contributed by atoms with Gasteiger partial charge in [-0.3, -0.25) is 24.0 Å². The quantitative estimate of drug-likeness (QED) is 0.273. The highest BCUT2D eigenvalue weighted by atomic mass is 32.1. The Morgan fingerprint density at radius 2 is 1.84 bits per heavy atom. The molecule has 224 valence electrons. The third kappa shape index (κ3) is 5.54. The summed E-state index contributed by atoms with van der Waals surface area (Å²) in [7, 11) is 3.05. The van der Waals surface area contributed by atoms with Gasteiger partial charge in [0.2, 0.25) is 11.0 Å². The Bertz CT molecular complexity index is 1900. The maximum Gasteiger partial charge on any atom is 0.283 e. The molecule has 0 spiro atoms. The normalized spacial score (nSPS) is 13.9. The predicted octanol–water partition coefficient (Wildman–Crippen LogP) is 2.86. The summed E-state index contributed by atoms with van der Waals surface area (Å²) in [5.74, 6) is 0.591. The molecule has 6 rings (SSSR count). The molecule has 3 aromatic heterocycles. The van der Waals surface area contributed by atoms with Crippen molar-refractivity contribution in [3.63, 3.8) is 0 Å². The number of hydrogen-bond acceptors (Lipinski definition) is 9. The van der Waals surface area contributed by atoms with Crippen molar-refractivity contribution in [2.45, 2.75) is 20.0 Å². The number of ether oxygens (including phenoxy) is 3. The zero-order valence-corrected chi connectivity index (χ0v) is 25.0. The minimum absolute atomic E-state index is 0.245. The van der Waals surface area contributed by atoms with Crippen LogP contribution in [0.3, 0.4) is 0 Å². The summed E-state index contributed by atoms with van der Waals surface area (Å²) in [6.45, 7) is 5.54. The van der Waals surface area contributed by atoms with Gasteiger partial charge < -0.3 is 24.1 Å². The number of aromatic nitrogens is 4. The first-order valence-electron chi connectivity index (χ1n) is 13.9. The number of fused-ring (bicyclic) bond motifs is 2. The lowest BCUT2D eigenvalue weighted by Gasteiger charge is -2.27. The number of thiazole rings is 1. The summed E-state index contributed by atoms with van der Waals surface area (Å²) < 4.78 is 21.6. The van der Waals surface area contributed by atoms with Crippen LogP contribution in [-0.2, 0) is 22.6 Å². The van der Waals surface area contributed by atoms with Crippen LogP contribution in [0.25, 0.3) is 26.3 Å². The molecular weight excluding hydrogens is 572 g/mol. The molecule has 1 aliphatic heterocycles. The molecular formula is C30H32N6O6S. The highest BCUT2D eigenvalue weighted by molar-refractivity contribution is 7.20. The number of aryl methyl sites for hydroxylation is 1. The van der Waals surface area contributed by atoms with E-state index in [0.717, 1.165) is 23.3 Å². The number of pyridine rings is 1. The lowest BCUT2D eigenvalue weighted by Crippen LogP contribution is -2.39. The minimum Gasteiger partial charge on any atom is -0.497 e. The zero-order valence-electron chi connectivity index (χ0n) is 24.2. The summed E-state index contributed by atoms with van der Waals surface area (Å²) in [6, 6.07) is 14.1. The van der Waals surface area contributed by atoms with Gasteiger partial charge >= 0.3 is 0 Å². The van der Waals surface area contributed by atoms with Crippen LogP contribution in [0.15, 0.2) is 58.1 Å². The molecule has 1 fully saturated rings. The molecule has 4 heterocycles. The topological polar surface area (TPSA) is 122 Å². The van der Waals surface area contributed by atoms with Gasteiger partial charge in [0, 0.05) is 44.0 Å². The summed E-state index contributed by atoms with van der Waals surface area (Å²) in [6.07, 6.45) is 0. The van der Waals surface area contributed by atoms with Crippen LogP contribution in [0.2, 0.25) is 0 Å². The van der Waals surface area contributed by atoms with Crippen molar-refractivity contribution in [3.8, 4) is 16.6 Å². The lowest BCUT2D eigenvalue weighted by atomic mass is 10.2. The maximum absolute atomic E-state index is 14.1. The van der Waals surface area contributed by atoms with E-state index in [1.807, 2.05) is 24.3 Å². The van der Waals surface area contributed by atoms with Gasteiger partial charge in [0.05, 0.1) is 54.2 Å².